The minimum absolute atomic E-state index is 0.130. The third-order valence-electron chi connectivity index (χ3n) is 2.94. The van der Waals surface area contributed by atoms with E-state index in [-0.39, 0.29) is 5.91 Å². The van der Waals surface area contributed by atoms with E-state index in [1.165, 1.54) is 0 Å². The second-order valence-corrected chi connectivity index (χ2v) is 4.32. The van der Waals surface area contributed by atoms with Crippen molar-refractivity contribution in [3.8, 4) is 6.07 Å². The fourth-order valence-electron chi connectivity index (χ4n) is 1.82. The van der Waals surface area contributed by atoms with E-state index in [2.05, 4.69) is 16.7 Å². The number of hydrogen-bond acceptors (Lipinski definition) is 3. The lowest BCUT2D eigenvalue weighted by Crippen LogP contribution is -2.22. The Morgan fingerprint density at radius 1 is 1.20 bits per heavy atom. The van der Waals surface area contributed by atoms with Crippen molar-refractivity contribution in [1.82, 2.24) is 5.32 Å². The van der Waals surface area contributed by atoms with Gasteiger partial charge in [-0.3, -0.25) is 4.79 Å². The topological polar surface area (TPSA) is 64.9 Å². The second kappa shape index (κ2) is 6.39. The van der Waals surface area contributed by atoms with Crippen molar-refractivity contribution in [2.75, 3.05) is 12.4 Å². The molecule has 4 nitrogen and oxygen atoms in total. The van der Waals surface area contributed by atoms with Gasteiger partial charge in [-0.05, 0) is 42.0 Å². The largest absolute Gasteiger partial charge is 0.388 e. The zero-order valence-electron chi connectivity index (χ0n) is 11.2. The molecule has 2 N–H and O–H groups in total. The molecule has 0 heterocycles. The van der Waals surface area contributed by atoms with Gasteiger partial charge in [0.1, 0.15) is 0 Å². The Kier molecular flexibility index (Phi) is 4.35. The third kappa shape index (κ3) is 3.36. The highest BCUT2D eigenvalue weighted by molar-refractivity contribution is 5.94. The number of anilines is 1. The number of benzene rings is 2. The highest BCUT2D eigenvalue weighted by atomic mass is 16.1. The van der Waals surface area contributed by atoms with E-state index in [1.54, 1.807) is 24.3 Å². The Balaban J connectivity index is 1.99. The lowest BCUT2D eigenvalue weighted by Gasteiger charge is -2.06. The molecule has 100 valence electrons. The number of nitriles is 1. The fraction of sp³-hybridized carbons (Fsp3) is 0.125. The number of hydrogen-bond donors (Lipinski definition) is 2. The predicted molar refractivity (Wildman–Crippen MR) is 78.3 cm³/mol. The SMILES string of the molecule is CNc1ccc(C(=O)NCc2cccc(C#N)c2)cc1. The van der Waals surface area contributed by atoms with Crippen LogP contribution < -0.4 is 10.6 Å². The number of carbonyl (C=O) groups excluding carboxylic acids is 1. The molecular weight excluding hydrogens is 250 g/mol. The van der Waals surface area contributed by atoms with Gasteiger partial charge in [-0.15, -0.1) is 0 Å². The fourth-order valence-corrected chi connectivity index (χ4v) is 1.82. The molecule has 1 amide bonds. The van der Waals surface area contributed by atoms with Crippen LogP contribution in [0.2, 0.25) is 0 Å². The molecule has 0 aliphatic carbocycles. The number of rotatable bonds is 4. The molecule has 20 heavy (non-hydrogen) atoms. The van der Waals surface area contributed by atoms with Crippen LogP contribution in [0, 0.1) is 11.3 Å². The molecule has 0 aromatic heterocycles. The van der Waals surface area contributed by atoms with Crippen LogP contribution in [0.1, 0.15) is 21.5 Å². The van der Waals surface area contributed by atoms with Crippen molar-refractivity contribution >= 4 is 11.6 Å². The molecule has 2 aromatic carbocycles. The first kappa shape index (κ1) is 13.6. The standard InChI is InChI=1S/C16H15N3O/c1-18-15-7-5-14(6-8-15)16(20)19-11-13-4-2-3-12(9-13)10-17/h2-9,18H,11H2,1H3,(H,19,20). The van der Waals surface area contributed by atoms with Crippen molar-refractivity contribution in [3.63, 3.8) is 0 Å². The van der Waals surface area contributed by atoms with Crippen molar-refractivity contribution in [2.45, 2.75) is 6.54 Å². The maximum absolute atomic E-state index is 12.0. The van der Waals surface area contributed by atoms with Gasteiger partial charge in [-0.25, -0.2) is 0 Å². The zero-order valence-corrected chi connectivity index (χ0v) is 11.2. The summed E-state index contributed by atoms with van der Waals surface area (Å²) in [7, 11) is 1.83. The Morgan fingerprint density at radius 3 is 2.60 bits per heavy atom. The van der Waals surface area contributed by atoms with Gasteiger partial charge in [-0.2, -0.15) is 5.26 Å². The molecule has 0 spiro atoms. The minimum atomic E-state index is -0.130. The van der Waals surface area contributed by atoms with Crippen LogP contribution in [-0.4, -0.2) is 13.0 Å². The van der Waals surface area contributed by atoms with Gasteiger partial charge in [0.05, 0.1) is 11.6 Å². The summed E-state index contributed by atoms with van der Waals surface area (Å²) in [6.07, 6.45) is 0. The number of amides is 1. The second-order valence-electron chi connectivity index (χ2n) is 4.32. The summed E-state index contributed by atoms with van der Waals surface area (Å²) in [6, 6.07) is 16.5. The molecule has 0 bridgehead atoms. The average molecular weight is 265 g/mol. The molecule has 0 aliphatic heterocycles. The van der Waals surface area contributed by atoms with Gasteiger partial charge in [0.25, 0.3) is 5.91 Å². The zero-order chi connectivity index (χ0) is 14.4. The van der Waals surface area contributed by atoms with E-state index < -0.39 is 0 Å². The summed E-state index contributed by atoms with van der Waals surface area (Å²) in [5, 5.41) is 14.7. The first-order chi connectivity index (χ1) is 9.72. The summed E-state index contributed by atoms with van der Waals surface area (Å²) in [4.78, 5) is 12.0. The normalized spacial score (nSPS) is 9.60. The molecule has 0 saturated carbocycles. The minimum Gasteiger partial charge on any atom is -0.388 e. The van der Waals surface area contributed by atoms with E-state index in [0.29, 0.717) is 17.7 Å². The van der Waals surface area contributed by atoms with Crippen LogP contribution >= 0.6 is 0 Å². The van der Waals surface area contributed by atoms with Crippen LogP contribution in [0.5, 0.6) is 0 Å². The van der Waals surface area contributed by atoms with Gasteiger partial charge in [0.15, 0.2) is 0 Å². The molecule has 0 atom stereocenters. The Bertz CT molecular complexity index is 642. The summed E-state index contributed by atoms with van der Waals surface area (Å²) < 4.78 is 0. The Hall–Kier alpha value is -2.80. The lowest BCUT2D eigenvalue weighted by atomic mass is 10.1. The van der Waals surface area contributed by atoms with Gasteiger partial charge in [0, 0.05) is 24.8 Å². The van der Waals surface area contributed by atoms with Crippen LogP contribution in [0.15, 0.2) is 48.5 Å². The third-order valence-corrected chi connectivity index (χ3v) is 2.94. The first-order valence-electron chi connectivity index (χ1n) is 6.28. The molecule has 2 aromatic rings. The van der Waals surface area contributed by atoms with E-state index in [0.717, 1.165) is 11.3 Å². The summed E-state index contributed by atoms with van der Waals surface area (Å²) in [6.45, 7) is 0.405. The van der Waals surface area contributed by atoms with Crippen LogP contribution in [0.25, 0.3) is 0 Å². The molecule has 0 aliphatic rings. The number of carbonyl (C=O) groups is 1. The summed E-state index contributed by atoms with van der Waals surface area (Å²) in [5.74, 6) is -0.130. The monoisotopic (exact) mass is 265 g/mol. The van der Waals surface area contributed by atoms with Gasteiger partial charge < -0.3 is 10.6 Å². The highest BCUT2D eigenvalue weighted by Crippen LogP contribution is 2.09. The average Bonchev–Trinajstić information content (AvgIpc) is 2.53. The maximum Gasteiger partial charge on any atom is 0.251 e. The molecule has 2 rings (SSSR count). The van der Waals surface area contributed by atoms with Crippen molar-refractivity contribution in [1.29, 1.82) is 5.26 Å². The lowest BCUT2D eigenvalue weighted by molar-refractivity contribution is 0.0951. The molecule has 0 unspecified atom stereocenters. The van der Waals surface area contributed by atoms with Gasteiger partial charge in [-0.1, -0.05) is 12.1 Å². The highest BCUT2D eigenvalue weighted by Gasteiger charge is 2.05. The Morgan fingerprint density at radius 2 is 1.95 bits per heavy atom. The van der Waals surface area contributed by atoms with Crippen LogP contribution in [0.3, 0.4) is 0 Å². The summed E-state index contributed by atoms with van der Waals surface area (Å²) in [5.41, 5.74) is 3.07. The molecule has 4 heteroatoms. The Labute approximate surface area is 118 Å². The first-order valence-corrected chi connectivity index (χ1v) is 6.28. The van der Waals surface area contributed by atoms with Crippen LogP contribution in [-0.2, 0) is 6.54 Å². The van der Waals surface area contributed by atoms with Crippen molar-refractivity contribution < 1.29 is 4.79 Å². The number of nitrogens with zero attached hydrogens (tertiary/aromatic N) is 1. The van der Waals surface area contributed by atoms with Gasteiger partial charge in [0.2, 0.25) is 0 Å². The molecule has 0 saturated heterocycles. The maximum atomic E-state index is 12.0. The molecule has 0 radical (unpaired) electrons. The predicted octanol–water partition coefficient (Wildman–Crippen LogP) is 2.53. The van der Waals surface area contributed by atoms with E-state index in [4.69, 9.17) is 5.26 Å². The molecule has 0 fully saturated rings. The van der Waals surface area contributed by atoms with Gasteiger partial charge >= 0.3 is 0 Å². The van der Waals surface area contributed by atoms with E-state index in [9.17, 15) is 4.79 Å². The number of nitrogens with one attached hydrogen (secondary N) is 2. The molecular formula is C16H15N3O. The van der Waals surface area contributed by atoms with Crippen molar-refractivity contribution in [2.24, 2.45) is 0 Å². The summed E-state index contributed by atoms with van der Waals surface area (Å²) >= 11 is 0. The van der Waals surface area contributed by atoms with E-state index in [1.807, 2.05) is 31.3 Å². The van der Waals surface area contributed by atoms with Crippen molar-refractivity contribution in [3.05, 3.63) is 65.2 Å². The smallest absolute Gasteiger partial charge is 0.251 e. The van der Waals surface area contributed by atoms with E-state index >= 15 is 0 Å². The quantitative estimate of drug-likeness (QED) is 0.892. The van der Waals surface area contributed by atoms with Crippen LogP contribution in [0.4, 0.5) is 5.69 Å².